The minimum Gasteiger partial charge on any atom is -0.495 e. The maximum Gasteiger partial charge on any atom is 0.342 e. The number of halogens is 2. The van der Waals surface area contributed by atoms with Crippen molar-refractivity contribution in [1.82, 2.24) is 9.97 Å². The number of carboxylic acid groups (broad SMARTS) is 1. The third-order valence-corrected chi connectivity index (χ3v) is 4.03. The number of ether oxygens (including phenoxy) is 1. The van der Waals surface area contributed by atoms with Crippen molar-refractivity contribution >= 4 is 46.8 Å². The summed E-state index contributed by atoms with van der Waals surface area (Å²) in [5.41, 5.74) is 0.677. The number of aromatic nitrogens is 2. The van der Waals surface area contributed by atoms with Crippen molar-refractivity contribution in [3.05, 3.63) is 39.5 Å². The summed E-state index contributed by atoms with van der Waals surface area (Å²) in [4.78, 5) is 19.4. The number of anilines is 1. The van der Waals surface area contributed by atoms with Gasteiger partial charge in [0.1, 0.15) is 22.3 Å². The predicted octanol–water partition coefficient (Wildman–Crippen LogP) is 3.82. The molecule has 0 radical (unpaired) electrons. The Kier molecular flexibility index (Phi) is 5.92. The van der Waals surface area contributed by atoms with Gasteiger partial charge in [-0.05, 0) is 24.0 Å². The van der Waals surface area contributed by atoms with E-state index in [4.69, 9.17) is 27.9 Å². The van der Waals surface area contributed by atoms with Crippen LogP contribution in [0.25, 0.3) is 0 Å². The van der Waals surface area contributed by atoms with Gasteiger partial charge < -0.3 is 15.2 Å². The minimum atomic E-state index is -1.20. The van der Waals surface area contributed by atoms with Gasteiger partial charge in [0.2, 0.25) is 0 Å². The second-order valence-corrected chi connectivity index (χ2v) is 5.89. The average molecular weight is 374 g/mol. The van der Waals surface area contributed by atoms with Crippen molar-refractivity contribution in [2.24, 2.45) is 0 Å². The lowest BCUT2D eigenvalue weighted by Crippen LogP contribution is -2.11. The molecule has 2 rings (SSSR count). The van der Waals surface area contributed by atoms with Crippen LogP contribution in [0.3, 0.4) is 0 Å². The van der Waals surface area contributed by atoms with Crippen LogP contribution in [0.4, 0.5) is 5.82 Å². The summed E-state index contributed by atoms with van der Waals surface area (Å²) in [6, 6.07) is 5.28. The molecule has 0 spiro atoms. The molecule has 0 bridgehead atoms. The van der Waals surface area contributed by atoms with Crippen molar-refractivity contribution < 1.29 is 14.6 Å². The molecule has 23 heavy (non-hydrogen) atoms. The lowest BCUT2D eigenvalue weighted by atomic mass is 10.2. The Bertz CT molecular complexity index is 743. The van der Waals surface area contributed by atoms with Gasteiger partial charge in [-0.25, -0.2) is 14.8 Å². The van der Waals surface area contributed by atoms with Crippen molar-refractivity contribution in [1.29, 1.82) is 0 Å². The highest BCUT2D eigenvalue weighted by atomic mass is 35.5. The van der Waals surface area contributed by atoms with Crippen LogP contribution in [-0.4, -0.2) is 34.4 Å². The van der Waals surface area contributed by atoms with Gasteiger partial charge in [-0.15, -0.1) is 0 Å². The average Bonchev–Trinajstić information content (AvgIpc) is 2.51. The number of carboxylic acids is 1. The molecule has 0 saturated carbocycles. The number of aromatic carboxylic acids is 1. The van der Waals surface area contributed by atoms with Crippen molar-refractivity contribution in [3.8, 4) is 5.75 Å². The van der Waals surface area contributed by atoms with Gasteiger partial charge in [-0.1, -0.05) is 41.0 Å². The summed E-state index contributed by atoms with van der Waals surface area (Å²) in [7, 11) is 1.53. The Hall–Kier alpha value is -1.70. The van der Waals surface area contributed by atoms with E-state index in [1.807, 2.05) is 6.07 Å². The predicted molar refractivity (Wildman–Crippen MR) is 91.1 cm³/mol. The van der Waals surface area contributed by atoms with E-state index < -0.39 is 5.97 Å². The van der Waals surface area contributed by atoms with Crippen LogP contribution in [0.15, 0.2) is 23.4 Å². The van der Waals surface area contributed by atoms with Crippen molar-refractivity contribution in [3.63, 3.8) is 0 Å². The molecule has 0 aliphatic rings. The summed E-state index contributed by atoms with van der Waals surface area (Å²) in [5, 5.41) is 13.0. The van der Waals surface area contributed by atoms with Crippen molar-refractivity contribution in [2.75, 3.05) is 18.7 Å². The number of thioether (sulfide) groups is 1. The van der Waals surface area contributed by atoms with Gasteiger partial charge in [0.25, 0.3) is 0 Å². The Balaban J connectivity index is 2.27. The molecule has 0 atom stereocenters. The first-order valence-corrected chi connectivity index (χ1v) is 8.35. The molecule has 6 nitrogen and oxygen atoms in total. The molecule has 0 unspecified atom stereocenters. The second kappa shape index (κ2) is 7.72. The Morgan fingerprint density at radius 1 is 1.39 bits per heavy atom. The zero-order chi connectivity index (χ0) is 17.0. The molecule has 0 amide bonds. The maximum atomic E-state index is 11.3. The number of methoxy groups -OCH3 is 1. The van der Waals surface area contributed by atoms with E-state index in [0.717, 1.165) is 5.56 Å². The Labute approximate surface area is 147 Å². The lowest BCUT2D eigenvalue weighted by Gasteiger charge is -2.11. The van der Waals surface area contributed by atoms with Crippen LogP contribution >= 0.6 is 35.0 Å². The number of rotatable bonds is 6. The van der Waals surface area contributed by atoms with Gasteiger partial charge in [0.05, 0.1) is 12.1 Å². The molecule has 0 aliphatic carbocycles. The minimum absolute atomic E-state index is 0.105. The molecular weight excluding hydrogens is 361 g/mol. The van der Waals surface area contributed by atoms with Crippen LogP contribution in [0, 0.1) is 0 Å². The number of nitrogens with one attached hydrogen (secondary N) is 1. The van der Waals surface area contributed by atoms with Crippen LogP contribution in [0.2, 0.25) is 10.2 Å². The molecule has 0 fully saturated rings. The second-order valence-electron chi connectivity index (χ2n) is 4.35. The maximum absolute atomic E-state index is 11.3. The zero-order valence-electron chi connectivity index (χ0n) is 12.3. The fraction of sp³-hybridized carbons (Fsp3) is 0.214. The van der Waals surface area contributed by atoms with E-state index in [0.29, 0.717) is 22.5 Å². The van der Waals surface area contributed by atoms with Gasteiger partial charge in [-0.2, -0.15) is 0 Å². The summed E-state index contributed by atoms with van der Waals surface area (Å²) in [6.07, 6.45) is 1.78. The Morgan fingerprint density at radius 3 is 2.70 bits per heavy atom. The highest BCUT2D eigenvalue weighted by Crippen LogP contribution is 2.27. The molecule has 0 aliphatic heterocycles. The van der Waals surface area contributed by atoms with Crippen LogP contribution in [-0.2, 0) is 6.54 Å². The SMILES string of the molecule is COc1ccc(CNc2nc(SC)nc(Cl)c2C(=O)O)cc1Cl. The molecule has 122 valence electrons. The van der Waals surface area contributed by atoms with E-state index in [9.17, 15) is 9.90 Å². The smallest absolute Gasteiger partial charge is 0.342 e. The highest BCUT2D eigenvalue weighted by Gasteiger charge is 2.19. The first kappa shape index (κ1) is 17.7. The van der Waals surface area contributed by atoms with E-state index in [2.05, 4.69) is 15.3 Å². The van der Waals surface area contributed by atoms with Crippen LogP contribution in [0.5, 0.6) is 5.75 Å². The fourth-order valence-electron chi connectivity index (χ4n) is 1.83. The quantitative estimate of drug-likeness (QED) is 0.452. The molecule has 0 saturated heterocycles. The van der Waals surface area contributed by atoms with Gasteiger partial charge >= 0.3 is 5.97 Å². The van der Waals surface area contributed by atoms with E-state index in [-0.39, 0.29) is 16.5 Å². The number of nitrogens with zero attached hydrogens (tertiary/aromatic N) is 2. The zero-order valence-corrected chi connectivity index (χ0v) is 14.6. The summed E-state index contributed by atoms with van der Waals surface area (Å²) >= 11 is 13.3. The van der Waals surface area contributed by atoms with Crippen LogP contribution in [0.1, 0.15) is 15.9 Å². The first-order chi connectivity index (χ1) is 11.0. The summed E-state index contributed by atoms with van der Waals surface area (Å²) < 4.78 is 5.09. The van der Waals surface area contributed by atoms with Gasteiger partial charge in [-0.3, -0.25) is 0 Å². The van der Waals surface area contributed by atoms with Gasteiger partial charge in [0, 0.05) is 6.54 Å². The monoisotopic (exact) mass is 373 g/mol. The van der Waals surface area contributed by atoms with Crippen LogP contribution < -0.4 is 10.1 Å². The molecule has 1 aromatic heterocycles. The van der Waals surface area contributed by atoms with Crippen molar-refractivity contribution in [2.45, 2.75) is 11.7 Å². The molecule has 9 heteroatoms. The summed E-state index contributed by atoms with van der Waals surface area (Å²) in [5.74, 6) is -0.469. The van der Waals surface area contributed by atoms with E-state index in [1.54, 1.807) is 18.4 Å². The number of carbonyl (C=O) groups is 1. The first-order valence-electron chi connectivity index (χ1n) is 6.37. The third kappa shape index (κ3) is 4.19. The molecular formula is C14H13Cl2N3O3S. The normalized spacial score (nSPS) is 10.4. The number of hydrogen-bond donors (Lipinski definition) is 2. The number of benzene rings is 1. The van der Waals surface area contributed by atoms with Gasteiger partial charge in [0.15, 0.2) is 5.16 Å². The molecule has 2 aromatic rings. The third-order valence-electron chi connectivity index (χ3n) is 2.92. The largest absolute Gasteiger partial charge is 0.495 e. The highest BCUT2D eigenvalue weighted by molar-refractivity contribution is 7.98. The Morgan fingerprint density at radius 2 is 2.13 bits per heavy atom. The summed E-state index contributed by atoms with van der Waals surface area (Å²) in [6.45, 7) is 0.325. The topological polar surface area (TPSA) is 84.3 Å². The molecule has 1 heterocycles. The number of hydrogen-bond acceptors (Lipinski definition) is 6. The van der Waals surface area contributed by atoms with E-state index >= 15 is 0 Å². The van der Waals surface area contributed by atoms with E-state index in [1.165, 1.54) is 18.9 Å². The molecule has 1 aromatic carbocycles. The fourth-order valence-corrected chi connectivity index (χ4v) is 2.77. The lowest BCUT2D eigenvalue weighted by molar-refractivity contribution is 0.0697. The standard InChI is InChI=1S/C14H13Cl2N3O3S/c1-22-9-4-3-7(5-8(9)15)6-17-12-10(13(20)21)11(16)18-14(19-12)23-2/h3-5H,6H2,1-2H3,(H,20,21)(H,17,18,19). The molecule has 2 N–H and O–H groups in total.